The lowest BCUT2D eigenvalue weighted by Crippen LogP contribution is -2.50. The van der Waals surface area contributed by atoms with Gasteiger partial charge in [-0.2, -0.15) is 0 Å². The molecule has 2 rings (SSSR count). The summed E-state index contributed by atoms with van der Waals surface area (Å²) in [5, 5.41) is 0. The Balaban J connectivity index is 2.03. The van der Waals surface area contributed by atoms with Gasteiger partial charge in [-0.15, -0.1) is 0 Å². The Labute approximate surface area is 130 Å². The largest absolute Gasteiger partial charge is 0.367 e. The Morgan fingerprint density at radius 1 is 1.14 bits per heavy atom. The minimum atomic E-state index is -0.222. The molecular formula is C18H35NO2. The van der Waals surface area contributed by atoms with Gasteiger partial charge in [-0.25, -0.2) is 0 Å². The first-order valence-electron chi connectivity index (χ1n) is 8.67. The summed E-state index contributed by atoms with van der Waals surface area (Å²) >= 11 is 0. The van der Waals surface area contributed by atoms with Crippen molar-refractivity contribution in [2.75, 3.05) is 6.54 Å². The molecule has 2 fully saturated rings. The first-order valence-corrected chi connectivity index (χ1v) is 8.67. The van der Waals surface area contributed by atoms with Gasteiger partial charge < -0.3 is 15.2 Å². The highest BCUT2D eigenvalue weighted by molar-refractivity contribution is 4.99. The second-order valence-electron chi connectivity index (χ2n) is 8.74. The van der Waals surface area contributed by atoms with Crippen LogP contribution in [0.1, 0.15) is 73.6 Å². The summed E-state index contributed by atoms with van der Waals surface area (Å²) in [7, 11) is 0. The molecule has 3 nitrogen and oxygen atoms in total. The van der Waals surface area contributed by atoms with Crippen LogP contribution in [-0.4, -0.2) is 29.5 Å². The van der Waals surface area contributed by atoms with E-state index in [2.05, 4.69) is 41.5 Å². The Hall–Kier alpha value is -0.120. The Morgan fingerprint density at radius 3 is 2.10 bits per heavy atom. The summed E-state index contributed by atoms with van der Waals surface area (Å²) in [6.07, 6.45) is 5.78. The smallest absolute Gasteiger partial charge is 0.0895 e. The van der Waals surface area contributed by atoms with Crippen LogP contribution in [0.15, 0.2) is 0 Å². The van der Waals surface area contributed by atoms with Gasteiger partial charge in [0.2, 0.25) is 0 Å². The van der Waals surface area contributed by atoms with Crippen LogP contribution < -0.4 is 5.73 Å². The Bertz CT molecular complexity index is 354. The SMILES string of the molecule is CC(C)C1CCC(CN)(OC2CC(C)(C)OC2(C)C)CC1. The highest BCUT2D eigenvalue weighted by atomic mass is 16.6. The van der Waals surface area contributed by atoms with E-state index in [1.807, 2.05) is 0 Å². The van der Waals surface area contributed by atoms with Crippen LogP contribution in [0.25, 0.3) is 0 Å². The van der Waals surface area contributed by atoms with E-state index in [-0.39, 0.29) is 22.9 Å². The van der Waals surface area contributed by atoms with E-state index >= 15 is 0 Å². The molecule has 1 unspecified atom stereocenters. The van der Waals surface area contributed by atoms with Crippen molar-refractivity contribution >= 4 is 0 Å². The van der Waals surface area contributed by atoms with Gasteiger partial charge in [0.25, 0.3) is 0 Å². The van der Waals surface area contributed by atoms with Crippen LogP contribution in [0.5, 0.6) is 0 Å². The minimum absolute atomic E-state index is 0.0981. The maximum atomic E-state index is 6.62. The zero-order valence-electron chi connectivity index (χ0n) is 14.9. The molecular weight excluding hydrogens is 262 g/mol. The average Bonchev–Trinajstić information content (AvgIpc) is 2.57. The summed E-state index contributed by atoms with van der Waals surface area (Å²) in [5.74, 6) is 1.60. The normalized spacial score (nSPS) is 38.9. The molecule has 124 valence electrons. The molecule has 1 saturated carbocycles. The van der Waals surface area contributed by atoms with Gasteiger partial charge in [0.15, 0.2) is 0 Å². The molecule has 2 aliphatic rings. The molecule has 2 N–H and O–H groups in total. The fourth-order valence-corrected chi connectivity index (χ4v) is 4.20. The zero-order chi connectivity index (χ0) is 15.9. The highest BCUT2D eigenvalue weighted by Gasteiger charge is 2.50. The van der Waals surface area contributed by atoms with Crippen LogP contribution >= 0.6 is 0 Å². The summed E-state index contributed by atoms with van der Waals surface area (Å²) in [6, 6.07) is 0. The lowest BCUT2D eigenvalue weighted by Gasteiger charge is -2.43. The number of hydrogen-bond donors (Lipinski definition) is 1. The lowest BCUT2D eigenvalue weighted by atomic mass is 9.74. The van der Waals surface area contributed by atoms with Gasteiger partial charge in [-0.1, -0.05) is 13.8 Å². The maximum absolute atomic E-state index is 6.62. The quantitative estimate of drug-likeness (QED) is 0.856. The van der Waals surface area contributed by atoms with Crippen LogP contribution in [0.4, 0.5) is 0 Å². The van der Waals surface area contributed by atoms with Crippen molar-refractivity contribution < 1.29 is 9.47 Å². The van der Waals surface area contributed by atoms with Crippen molar-refractivity contribution in [2.24, 2.45) is 17.6 Å². The third kappa shape index (κ3) is 3.80. The monoisotopic (exact) mass is 297 g/mol. The van der Waals surface area contributed by atoms with Crippen molar-refractivity contribution in [3.63, 3.8) is 0 Å². The topological polar surface area (TPSA) is 44.5 Å². The second kappa shape index (κ2) is 5.82. The standard InChI is InChI=1S/C18H35NO2/c1-13(2)14-7-9-18(12-19,10-8-14)20-15-11-16(3,4)21-17(15,5)6/h13-15H,7-12,19H2,1-6H3. The van der Waals surface area contributed by atoms with Gasteiger partial charge in [0.05, 0.1) is 22.9 Å². The van der Waals surface area contributed by atoms with Gasteiger partial charge >= 0.3 is 0 Å². The minimum Gasteiger partial charge on any atom is -0.367 e. The van der Waals surface area contributed by atoms with Crippen molar-refractivity contribution in [3.05, 3.63) is 0 Å². The molecule has 1 aliphatic carbocycles. The summed E-state index contributed by atoms with van der Waals surface area (Å²) in [4.78, 5) is 0. The van der Waals surface area contributed by atoms with Crippen LogP contribution in [0.3, 0.4) is 0 Å². The number of rotatable bonds is 4. The molecule has 0 spiro atoms. The van der Waals surface area contributed by atoms with E-state index < -0.39 is 0 Å². The molecule has 1 saturated heterocycles. The molecule has 0 aromatic rings. The van der Waals surface area contributed by atoms with E-state index in [4.69, 9.17) is 15.2 Å². The van der Waals surface area contributed by atoms with Crippen LogP contribution in [0.2, 0.25) is 0 Å². The Kier molecular flexibility index (Phi) is 4.78. The molecule has 1 heterocycles. The fourth-order valence-electron chi connectivity index (χ4n) is 4.20. The second-order valence-corrected chi connectivity index (χ2v) is 8.74. The first kappa shape index (κ1) is 17.2. The molecule has 0 radical (unpaired) electrons. The molecule has 0 amide bonds. The summed E-state index contributed by atoms with van der Waals surface area (Å²) in [5.41, 5.74) is 5.68. The van der Waals surface area contributed by atoms with E-state index in [1.54, 1.807) is 0 Å². The van der Waals surface area contributed by atoms with Crippen molar-refractivity contribution in [1.29, 1.82) is 0 Å². The third-order valence-corrected chi connectivity index (χ3v) is 5.64. The molecule has 0 bridgehead atoms. The van der Waals surface area contributed by atoms with Gasteiger partial charge in [0, 0.05) is 13.0 Å². The first-order chi connectivity index (χ1) is 9.59. The predicted octanol–water partition coefficient (Wildman–Crippen LogP) is 3.89. The molecule has 1 aliphatic heterocycles. The molecule has 21 heavy (non-hydrogen) atoms. The highest BCUT2D eigenvalue weighted by Crippen LogP contribution is 2.44. The lowest BCUT2D eigenvalue weighted by molar-refractivity contribution is -0.163. The number of hydrogen-bond acceptors (Lipinski definition) is 3. The maximum Gasteiger partial charge on any atom is 0.0895 e. The van der Waals surface area contributed by atoms with Gasteiger partial charge in [0.1, 0.15) is 0 Å². The van der Waals surface area contributed by atoms with Crippen LogP contribution in [-0.2, 0) is 9.47 Å². The predicted molar refractivity (Wildman–Crippen MR) is 87.3 cm³/mol. The molecule has 3 heteroatoms. The third-order valence-electron chi connectivity index (χ3n) is 5.64. The average molecular weight is 297 g/mol. The number of nitrogens with two attached hydrogens (primary N) is 1. The molecule has 0 aromatic carbocycles. The van der Waals surface area contributed by atoms with Gasteiger partial charge in [-0.05, 0) is 65.2 Å². The van der Waals surface area contributed by atoms with E-state index in [9.17, 15) is 0 Å². The summed E-state index contributed by atoms with van der Waals surface area (Å²) in [6.45, 7) is 13.9. The van der Waals surface area contributed by atoms with Gasteiger partial charge in [-0.3, -0.25) is 0 Å². The summed E-state index contributed by atoms with van der Waals surface area (Å²) < 4.78 is 12.8. The molecule has 1 atom stereocenters. The Morgan fingerprint density at radius 2 is 1.71 bits per heavy atom. The molecule has 0 aromatic heterocycles. The zero-order valence-corrected chi connectivity index (χ0v) is 14.9. The van der Waals surface area contributed by atoms with E-state index in [0.717, 1.165) is 31.1 Å². The van der Waals surface area contributed by atoms with Crippen molar-refractivity contribution in [1.82, 2.24) is 0 Å². The van der Waals surface area contributed by atoms with Crippen LogP contribution in [0, 0.1) is 11.8 Å². The van der Waals surface area contributed by atoms with Crippen molar-refractivity contribution in [2.45, 2.75) is 96.6 Å². The van der Waals surface area contributed by atoms with E-state index in [0.29, 0.717) is 6.54 Å². The van der Waals surface area contributed by atoms with E-state index in [1.165, 1.54) is 12.8 Å². The fraction of sp³-hybridized carbons (Fsp3) is 1.00. The number of ether oxygens (including phenoxy) is 2. The van der Waals surface area contributed by atoms with Crippen molar-refractivity contribution in [3.8, 4) is 0 Å².